The summed E-state index contributed by atoms with van der Waals surface area (Å²) in [6, 6.07) is 0. The lowest BCUT2D eigenvalue weighted by atomic mass is 9.99. The summed E-state index contributed by atoms with van der Waals surface area (Å²) in [5.74, 6) is 6.78. The fourth-order valence-electron chi connectivity index (χ4n) is 1.43. The van der Waals surface area contributed by atoms with E-state index in [0.29, 0.717) is 5.92 Å². The summed E-state index contributed by atoms with van der Waals surface area (Å²) in [4.78, 5) is 4.29. The van der Waals surface area contributed by atoms with E-state index in [1.807, 2.05) is 6.92 Å². The Labute approximate surface area is 73.2 Å². The van der Waals surface area contributed by atoms with Crippen molar-refractivity contribution in [3.63, 3.8) is 0 Å². The molecule has 1 rings (SSSR count). The van der Waals surface area contributed by atoms with Crippen LogP contribution in [0.1, 0.15) is 19.8 Å². The average Bonchev–Trinajstić information content (AvgIpc) is 2.15. The predicted molar refractivity (Wildman–Crippen MR) is 48.8 cm³/mol. The molecule has 0 radical (unpaired) electrons. The molecule has 1 fully saturated rings. The molecule has 1 saturated heterocycles. The maximum absolute atomic E-state index is 5.37. The molecule has 3 N–H and O–H groups in total. The third kappa shape index (κ3) is 2.46. The number of aliphatic imine (C=N–C) groups is 1. The van der Waals surface area contributed by atoms with E-state index in [4.69, 9.17) is 10.6 Å². The summed E-state index contributed by atoms with van der Waals surface area (Å²) in [7, 11) is 0. The third-order valence-electron chi connectivity index (χ3n) is 2.08. The molecule has 4 nitrogen and oxygen atoms in total. The summed E-state index contributed by atoms with van der Waals surface area (Å²) in [5.41, 5.74) is 2.67. The molecule has 12 heavy (non-hydrogen) atoms. The molecule has 0 aromatic rings. The Hall–Kier alpha value is -0.610. The normalized spacial score (nSPS) is 21.0. The van der Waals surface area contributed by atoms with Gasteiger partial charge in [0.25, 0.3) is 0 Å². The number of nitrogens with zero attached hydrogens (tertiary/aromatic N) is 1. The molecule has 0 atom stereocenters. The molecule has 0 spiro atoms. The first kappa shape index (κ1) is 9.48. The number of hydrogen-bond donors (Lipinski definition) is 2. The molecule has 1 aliphatic heterocycles. The van der Waals surface area contributed by atoms with Gasteiger partial charge in [-0.2, -0.15) is 0 Å². The molecule has 4 heteroatoms. The first-order valence-electron chi connectivity index (χ1n) is 4.47. The fourth-order valence-corrected chi connectivity index (χ4v) is 1.43. The summed E-state index contributed by atoms with van der Waals surface area (Å²) in [5, 5.41) is 0. The second-order valence-electron chi connectivity index (χ2n) is 2.89. The van der Waals surface area contributed by atoms with Crippen molar-refractivity contribution in [3.8, 4) is 0 Å². The lowest BCUT2D eigenvalue weighted by Crippen LogP contribution is -2.38. The van der Waals surface area contributed by atoms with Crippen molar-refractivity contribution in [2.45, 2.75) is 19.8 Å². The maximum atomic E-state index is 5.37. The van der Waals surface area contributed by atoms with Crippen molar-refractivity contribution in [2.75, 3.05) is 19.8 Å². The Kier molecular flexibility index (Phi) is 4.04. The van der Waals surface area contributed by atoms with Crippen LogP contribution in [0.15, 0.2) is 4.99 Å². The summed E-state index contributed by atoms with van der Waals surface area (Å²) < 4.78 is 5.25. The van der Waals surface area contributed by atoms with Gasteiger partial charge in [-0.1, -0.05) is 0 Å². The van der Waals surface area contributed by atoms with Crippen LogP contribution in [-0.4, -0.2) is 25.6 Å². The van der Waals surface area contributed by atoms with E-state index < -0.39 is 0 Å². The highest BCUT2D eigenvalue weighted by atomic mass is 16.5. The zero-order chi connectivity index (χ0) is 8.81. The predicted octanol–water partition coefficient (Wildman–Crippen LogP) is 0.295. The van der Waals surface area contributed by atoms with Gasteiger partial charge in [0, 0.05) is 25.7 Å². The number of hydrogen-bond acceptors (Lipinski definition) is 3. The van der Waals surface area contributed by atoms with Gasteiger partial charge in [0.2, 0.25) is 0 Å². The lowest BCUT2D eigenvalue weighted by Gasteiger charge is -2.23. The molecule has 1 aliphatic rings. The zero-order valence-electron chi connectivity index (χ0n) is 7.55. The number of hydrazine groups is 1. The minimum atomic E-state index is 0.476. The van der Waals surface area contributed by atoms with Crippen molar-refractivity contribution < 1.29 is 4.74 Å². The van der Waals surface area contributed by atoms with Crippen LogP contribution in [0.4, 0.5) is 0 Å². The van der Waals surface area contributed by atoms with Crippen LogP contribution in [0.2, 0.25) is 0 Å². The zero-order valence-corrected chi connectivity index (χ0v) is 7.55. The van der Waals surface area contributed by atoms with Crippen molar-refractivity contribution in [1.29, 1.82) is 0 Å². The summed E-state index contributed by atoms with van der Waals surface area (Å²) in [6.07, 6.45) is 2.06. The number of nitrogens with one attached hydrogen (secondary N) is 1. The Morgan fingerprint density at radius 1 is 1.58 bits per heavy atom. The fraction of sp³-hybridized carbons (Fsp3) is 0.875. The van der Waals surface area contributed by atoms with Crippen molar-refractivity contribution >= 4 is 5.84 Å². The van der Waals surface area contributed by atoms with E-state index in [1.165, 1.54) is 0 Å². The van der Waals surface area contributed by atoms with Gasteiger partial charge in [-0.3, -0.25) is 4.99 Å². The highest BCUT2D eigenvalue weighted by molar-refractivity contribution is 5.84. The Bertz CT molecular complexity index is 152. The number of amidine groups is 1. The van der Waals surface area contributed by atoms with Gasteiger partial charge in [-0.15, -0.1) is 0 Å². The monoisotopic (exact) mass is 171 g/mol. The standard InChI is InChI=1S/C8H17N3O/c1-2-10-8(11-9)7-3-5-12-6-4-7/h7H,2-6,9H2,1H3,(H,10,11). The van der Waals surface area contributed by atoms with Gasteiger partial charge in [-0.25, -0.2) is 5.84 Å². The van der Waals surface area contributed by atoms with E-state index in [1.54, 1.807) is 0 Å². The molecule has 0 saturated carbocycles. The molecule has 0 aromatic carbocycles. The molecule has 0 bridgehead atoms. The Morgan fingerprint density at radius 2 is 2.25 bits per heavy atom. The lowest BCUT2D eigenvalue weighted by molar-refractivity contribution is 0.0820. The quantitative estimate of drug-likeness (QED) is 0.272. The van der Waals surface area contributed by atoms with Crippen molar-refractivity contribution in [2.24, 2.45) is 16.8 Å². The molecule has 1 heterocycles. The molecule has 0 aliphatic carbocycles. The second kappa shape index (κ2) is 5.11. The summed E-state index contributed by atoms with van der Waals surface area (Å²) in [6.45, 7) is 4.46. The first-order chi connectivity index (χ1) is 5.88. The molecule has 70 valence electrons. The highest BCUT2D eigenvalue weighted by Crippen LogP contribution is 2.14. The molecular weight excluding hydrogens is 154 g/mol. The Balaban J connectivity index is 2.46. The van der Waals surface area contributed by atoms with E-state index in [2.05, 4.69) is 10.4 Å². The first-order valence-corrected chi connectivity index (χ1v) is 4.47. The maximum Gasteiger partial charge on any atom is 0.114 e. The van der Waals surface area contributed by atoms with Gasteiger partial charge < -0.3 is 10.2 Å². The van der Waals surface area contributed by atoms with Gasteiger partial charge >= 0.3 is 0 Å². The van der Waals surface area contributed by atoms with Gasteiger partial charge in [-0.05, 0) is 19.8 Å². The average molecular weight is 171 g/mol. The second-order valence-corrected chi connectivity index (χ2v) is 2.89. The van der Waals surface area contributed by atoms with Crippen LogP contribution in [0.5, 0.6) is 0 Å². The number of ether oxygens (including phenoxy) is 1. The largest absolute Gasteiger partial charge is 0.381 e. The van der Waals surface area contributed by atoms with Crippen molar-refractivity contribution in [1.82, 2.24) is 5.43 Å². The van der Waals surface area contributed by atoms with Crippen molar-refractivity contribution in [3.05, 3.63) is 0 Å². The van der Waals surface area contributed by atoms with E-state index in [-0.39, 0.29) is 0 Å². The molecule has 0 unspecified atom stereocenters. The van der Waals surface area contributed by atoms with Crippen LogP contribution in [0, 0.1) is 5.92 Å². The van der Waals surface area contributed by atoms with Gasteiger partial charge in [0.15, 0.2) is 0 Å². The van der Waals surface area contributed by atoms with Crippen LogP contribution in [0.3, 0.4) is 0 Å². The molecular formula is C8H17N3O. The van der Waals surface area contributed by atoms with Crippen LogP contribution in [-0.2, 0) is 4.74 Å². The van der Waals surface area contributed by atoms with Crippen LogP contribution >= 0.6 is 0 Å². The third-order valence-corrected chi connectivity index (χ3v) is 2.08. The van der Waals surface area contributed by atoms with Crippen LogP contribution in [0.25, 0.3) is 0 Å². The minimum absolute atomic E-state index is 0.476. The smallest absolute Gasteiger partial charge is 0.114 e. The minimum Gasteiger partial charge on any atom is -0.381 e. The van der Waals surface area contributed by atoms with E-state index >= 15 is 0 Å². The topological polar surface area (TPSA) is 59.6 Å². The SMILES string of the molecule is CCN=C(NN)C1CCOCC1. The highest BCUT2D eigenvalue weighted by Gasteiger charge is 2.18. The van der Waals surface area contributed by atoms with E-state index in [0.717, 1.165) is 38.4 Å². The van der Waals surface area contributed by atoms with Gasteiger partial charge in [0.05, 0.1) is 0 Å². The Morgan fingerprint density at radius 3 is 2.75 bits per heavy atom. The van der Waals surface area contributed by atoms with Crippen LogP contribution < -0.4 is 11.3 Å². The molecule has 0 amide bonds. The summed E-state index contributed by atoms with van der Waals surface area (Å²) >= 11 is 0. The number of nitrogens with two attached hydrogens (primary N) is 1. The number of rotatable bonds is 2. The molecule has 0 aromatic heterocycles. The van der Waals surface area contributed by atoms with E-state index in [9.17, 15) is 0 Å². The van der Waals surface area contributed by atoms with Gasteiger partial charge in [0.1, 0.15) is 5.84 Å².